The third-order valence-electron chi connectivity index (χ3n) is 6.41. The highest BCUT2D eigenvalue weighted by Gasteiger charge is 2.30. The van der Waals surface area contributed by atoms with Crippen molar-refractivity contribution < 1.29 is 14.3 Å². The molecule has 178 valence electrons. The van der Waals surface area contributed by atoms with Crippen LogP contribution in [0.15, 0.2) is 47.5 Å². The fourth-order valence-corrected chi connectivity index (χ4v) is 4.52. The number of benzene rings is 1. The van der Waals surface area contributed by atoms with Gasteiger partial charge in [-0.3, -0.25) is 19.3 Å². The Bertz CT molecular complexity index is 1210. The van der Waals surface area contributed by atoms with Crippen molar-refractivity contribution in [2.24, 2.45) is 7.05 Å². The maximum atomic E-state index is 13.5. The number of pyridine rings is 1. The standard InChI is InChI=1S/C24H28N6O4/c1-26-15-19(22-20(16-26)24(33)30(25-22)18-5-3-2-4-6-18)23(32)29-9-7-27(8-10-29)17-21(31)28-11-13-34-14-12-28/h2-6,15-16H,7-14,17H2,1H3. The summed E-state index contributed by atoms with van der Waals surface area (Å²) in [6.07, 6.45) is 3.43. The molecule has 0 radical (unpaired) electrons. The van der Waals surface area contributed by atoms with Gasteiger partial charge in [0, 0.05) is 58.7 Å². The van der Waals surface area contributed by atoms with Crippen LogP contribution in [0.1, 0.15) is 10.4 Å². The number of carbonyl (C=O) groups excluding carboxylic acids is 2. The van der Waals surface area contributed by atoms with Crippen LogP contribution in [0.3, 0.4) is 0 Å². The van der Waals surface area contributed by atoms with Crippen molar-refractivity contribution in [2.75, 3.05) is 59.0 Å². The third-order valence-corrected chi connectivity index (χ3v) is 6.41. The molecule has 5 rings (SSSR count). The number of hydrogen-bond acceptors (Lipinski definition) is 6. The lowest BCUT2D eigenvalue weighted by Gasteiger charge is -2.36. The molecule has 0 aliphatic carbocycles. The van der Waals surface area contributed by atoms with Crippen LogP contribution in [-0.4, -0.2) is 99.9 Å². The van der Waals surface area contributed by atoms with Gasteiger partial charge in [-0.25, -0.2) is 0 Å². The summed E-state index contributed by atoms with van der Waals surface area (Å²) in [5.41, 5.74) is 1.62. The van der Waals surface area contributed by atoms with Gasteiger partial charge in [0.05, 0.1) is 36.6 Å². The zero-order chi connectivity index (χ0) is 23.7. The number of para-hydroxylation sites is 1. The molecule has 1 aromatic rings. The van der Waals surface area contributed by atoms with Crippen molar-refractivity contribution >= 4 is 11.8 Å². The molecule has 10 nitrogen and oxygen atoms in total. The van der Waals surface area contributed by atoms with Crippen LogP contribution in [0, 0.1) is 0 Å². The number of fused-ring (bicyclic) bond motifs is 1. The molecule has 0 atom stereocenters. The smallest absolute Gasteiger partial charge is 0.282 e. The van der Waals surface area contributed by atoms with Gasteiger partial charge in [0.1, 0.15) is 5.69 Å². The zero-order valence-corrected chi connectivity index (χ0v) is 19.2. The minimum absolute atomic E-state index is 0.106. The number of hydrogen-bond donors (Lipinski definition) is 0. The summed E-state index contributed by atoms with van der Waals surface area (Å²) < 4.78 is 8.39. The second-order valence-electron chi connectivity index (χ2n) is 8.71. The first-order valence-corrected chi connectivity index (χ1v) is 11.5. The number of aryl methyl sites for hydroxylation is 1. The number of amides is 2. The van der Waals surface area contributed by atoms with Crippen LogP contribution in [0.5, 0.6) is 0 Å². The van der Waals surface area contributed by atoms with Crippen LogP contribution in [0.4, 0.5) is 0 Å². The molecule has 34 heavy (non-hydrogen) atoms. The maximum Gasteiger partial charge on any atom is 0.282 e. The molecule has 1 aromatic carbocycles. The first-order valence-electron chi connectivity index (χ1n) is 11.5. The monoisotopic (exact) mass is 464 g/mol. The van der Waals surface area contributed by atoms with Gasteiger partial charge in [0.2, 0.25) is 5.91 Å². The molecule has 0 N–H and O–H groups in total. The summed E-state index contributed by atoms with van der Waals surface area (Å²) in [5.74, 6) is -0.0487. The molecule has 2 saturated heterocycles. The van der Waals surface area contributed by atoms with E-state index in [2.05, 4.69) is 10.00 Å². The molecule has 0 bridgehead atoms. The quantitative estimate of drug-likeness (QED) is 0.551. The molecular formula is C24H28N6O4. The van der Waals surface area contributed by atoms with Crippen LogP contribution in [-0.2, 0) is 16.6 Å². The number of ether oxygens (including phenoxy) is 1. The Morgan fingerprint density at radius 2 is 1.65 bits per heavy atom. The fraction of sp³-hybridized carbons (Fsp3) is 0.417. The molecular weight excluding hydrogens is 436 g/mol. The van der Waals surface area contributed by atoms with Gasteiger partial charge in [-0.1, -0.05) is 18.2 Å². The summed E-state index contributed by atoms with van der Waals surface area (Å²) in [4.78, 5) is 44.7. The number of morpholine rings is 1. The Hall–Kier alpha value is -3.50. The molecule has 2 amide bonds. The fourth-order valence-electron chi connectivity index (χ4n) is 4.52. The van der Waals surface area contributed by atoms with Gasteiger partial charge in [-0.15, -0.1) is 0 Å². The summed E-state index contributed by atoms with van der Waals surface area (Å²) in [5, 5.41) is 4.52. The van der Waals surface area contributed by atoms with Crippen molar-refractivity contribution in [2.45, 2.75) is 0 Å². The Labute approximate surface area is 197 Å². The van der Waals surface area contributed by atoms with E-state index >= 15 is 0 Å². The van der Waals surface area contributed by atoms with E-state index in [9.17, 15) is 14.4 Å². The number of carbonyl (C=O) groups is 2. The zero-order valence-electron chi connectivity index (χ0n) is 19.2. The Morgan fingerprint density at radius 1 is 0.941 bits per heavy atom. The maximum absolute atomic E-state index is 13.5. The Morgan fingerprint density at radius 3 is 2.35 bits per heavy atom. The van der Waals surface area contributed by atoms with Gasteiger partial charge in [0.25, 0.3) is 11.5 Å². The third kappa shape index (κ3) is 4.34. The lowest BCUT2D eigenvalue weighted by atomic mass is 10.1. The van der Waals surface area contributed by atoms with Crippen molar-refractivity contribution in [1.29, 1.82) is 0 Å². The molecule has 2 fully saturated rings. The van der Waals surface area contributed by atoms with Gasteiger partial charge in [-0.2, -0.15) is 9.78 Å². The number of piperazine rings is 1. The SMILES string of the molecule is Cn1cc(C(=O)N2CCN(CC(=O)N3CCOCC3)CC2)c2nn(-c3ccccc3)c(=O)c-2c1. The summed E-state index contributed by atoms with van der Waals surface area (Å²) in [6, 6.07) is 9.19. The van der Waals surface area contributed by atoms with E-state index in [-0.39, 0.29) is 17.4 Å². The van der Waals surface area contributed by atoms with E-state index in [1.807, 2.05) is 35.2 Å². The van der Waals surface area contributed by atoms with E-state index in [4.69, 9.17) is 4.74 Å². The van der Waals surface area contributed by atoms with Crippen molar-refractivity contribution in [3.05, 3.63) is 58.6 Å². The average Bonchev–Trinajstić information content (AvgIpc) is 3.20. The molecule has 4 aliphatic heterocycles. The van der Waals surface area contributed by atoms with Crippen LogP contribution >= 0.6 is 0 Å². The first-order chi connectivity index (χ1) is 16.5. The molecule has 4 heterocycles. The molecule has 4 aliphatic rings. The van der Waals surface area contributed by atoms with E-state index in [0.29, 0.717) is 81.5 Å². The van der Waals surface area contributed by atoms with Gasteiger partial charge in [0.15, 0.2) is 0 Å². The van der Waals surface area contributed by atoms with E-state index in [0.717, 1.165) is 0 Å². The summed E-state index contributed by atoms with van der Waals surface area (Å²) >= 11 is 0. The molecule has 0 unspecified atom stereocenters. The highest BCUT2D eigenvalue weighted by atomic mass is 16.5. The lowest BCUT2D eigenvalue weighted by Crippen LogP contribution is -2.52. The number of aromatic nitrogens is 3. The number of nitrogens with zero attached hydrogens (tertiary/aromatic N) is 6. The molecule has 10 heteroatoms. The first kappa shape index (κ1) is 22.3. The van der Waals surface area contributed by atoms with Gasteiger partial charge >= 0.3 is 0 Å². The largest absolute Gasteiger partial charge is 0.378 e. The minimum Gasteiger partial charge on any atom is -0.378 e. The van der Waals surface area contributed by atoms with Crippen LogP contribution < -0.4 is 5.56 Å². The highest BCUT2D eigenvalue weighted by molar-refractivity contribution is 6.00. The lowest BCUT2D eigenvalue weighted by molar-refractivity contribution is -0.136. The second kappa shape index (κ2) is 9.40. The van der Waals surface area contributed by atoms with Crippen LogP contribution in [0.2, 0.25) is 0 Å². The van der Waals surface area contributed by atoms with Crippen molar-refractivity contribution in [3.63, 3.8) is 0 Å². The predicted octanol–water partition coefficient (Wildman–Crippen LogP) is 0.292. The molecule has 0 aromatic heterocycles. The van der Waals surface area contributed by atoms with E-state index < -0.39 is 0 Å². The Kier molecular flexibility index (Phi) is 6.16. The van der Waals surface area contributed by atoms with E-state index in [1.165, 1.54) is 4.68 Å². The van der Waals surface area contributed by atoms with Crippen LogP contribution in [0.25, 0.3) is 16.9 Å². The van der Waals surface area contributed by atoms with Crippen molar-refractivity contribution in [1.82, 2.24) is 29.0 Å². The average molecular weight is 465 g/mol. The summed E-state index contributed by atoms with van der Waals surface area (Å²) in [6.45, 7) is 5.06. The Balaban J connectivity index is 1.31. The van der Waals surface area contributed by atoms with E-state index in [1.54, 1.807) is 28.9 Å². The minimum atomic E-state index is -0.252. The normalized spacial score (nSPS) is 17.3. The second-order valence-corrected chi connectivity index (χ2v) is 8.71. The number of rotatable bonds is 4. The summed E-state index contributed by atoms with van der Waals surface area (Å²) in [7, 11) is 1.80. The highest BCUT2D eigenvalue weighted by Crippen LogP contribution is 2.23. The predicted molar refractivity (Wildman–Crippen MR) is 125 cm³/mol. The topological polar surface area (TPSA) is 92.9 Å². The van der Waals surface area contributed by atoms with Gasteiger partial charge in [-0.05, 0) is 12.1 Å². The van der Waals surface area contributed by atoms with Gasteiger partial charge < -0.3 is 19.1 Å². The molecule has 0 saturated carbocycles. The molecule has 0 spiro atoms. The van der Waals surface area contributed by atoms with Crippen molar-refractivity contribution in [3.8, 4) is 16.9 Å².